The van der Waals surface area contributed by atoms with Crippen molar-refractivity contribution in [1.82, 2.24) is 0 Å². The highest BCUT2D eigenvalue weighted by molar-refractivity contribution is 5.96. The minimum Gasteiger partial charge on any atom is -0.465 e. The van der Waals surface area contributed by atoms with Crippen LogP contribution in [-0.4, -0.2) is 20.1 Å². The van der Waals surface area contributed by atoms with Crippen LogP contribution in [0, 0.1) is 0 Å². The van der Waals surface area contributed by atoms with E-state index in [0.717, 1.165) is 12.1 Å². The van der Waals surface area contributed by atoms with Crippen LogP contribution in [0.4, 0.5) is 24.5 Å². The van der Waals surface area contributed by atoms with Crippen LogP contribution in [-0.2, 0) is 10.9 Å². The van der Waals surface area contributed by atoms with E-state index in [1.807, 2.05) is 0 Å². The Morgan fingerprint density at radius 2 is 1.77 bits per heavy atom. The zero-order valence-electron chi connectivity index (χ0n) is 12.0. The van der Waals surface area contributed by atoms with Crippen molar-refractivity contribution in [3.63, 3.8) is 0 Å². The molecule has 0 N–H and O–H groups in total. The number of carbonyl (C=O) groups excluding carboxylic acids is 1. The van der Waals surface area contributed by atoms with Gasteiger partial charge in [-0.3, -0.25) is 0 Å². The maximum atomic E-state index is 12.8. The second-order valence-electron chi connectivity index (χ2n) is 4.62. The largest absolute Gasteiger partial charge is 0.465 e. The van der Waals surface area contributed by atoms with E-state index in [1.165, 1.54) is 18.1 Å². The van der Waals surface area contributed by atoms with E-state index >= 15 is 0 Å². The molecule has 116 valence electrons. The number of alkyl halides is 3. The fourth-order valence-electron chi connectivity index (χ4n) is 2.08. The van der Waals surface area contributed by atoms with Gasteiger partial charge in [-0.25, -0.2) is 4.79 Å². The molecule has 0 saturated carbocycles. The quantitative estimate of drug-likeness (QED) is 0.793. The van der Waals surface area contributed by atoms with Crippen LogP contribution >= 0.6 is 0 Å². The highest BCUT2D eigenvalue weighted by atomic mass is 19.4. The molecule has 0 unspecified atom stereocenters. The summed E-state index contributed by atoms with van der Waals surface area (Å²) in [5, 5.41) is 0. The first-order valence-electron chi connectivity index (χ1n) is 6.43. The Balaban J connectivity index is 2.45. The molecule has 0 radical (unpaired) electrons. The number of hydrogen-bond acceptors (Lipinski definition) is 3. The van der Waals surface area contributed by atoms with E-state index in [-0.39, 0.29) is 5.56 Å². The van der Waals surface area contributed by atoms with Gasteiger partial charge in [-0.15, -0.1) is 0 Å². The first kappa shape index (κ1) is 15.9. The first-order chi connectivity index (χ1) is 10.3. The van der Waals surface area contributed by atoms with Crippen molar-refractivity contribution in [2.75, 3.05) is 19.1 Å². The molecule has 0 aliphatic heterocycles. The molecule has 0 aromatic heterocycles. The molecule has 3 nitrogen and oxygen atoms in total. The highest BCUT2D eigenvalue weighted by Crippen LogP contribution is 2.34. The molecule has 0 aliphatic rings. The minimum atomic E-state index is -4.42. The summed E-state index contributed by atoms with van der Waals surface area (Å²) in [5.74, 6) is -0.547. The van der Waals surface area contributed by atoms with Gasteiger partial charge in [0.1, 0.15) is 0 Å². The van der Waals surface area contributed by atoms with Gasteiger partial charge < -0.3 is 9.64 Å². The van der Waals surface area contributed by atoms with Crippen molar-refractivity contribution < 1.29 is 22.7 Å². The smallest absolute Gasteiger partial charge is 0.416 e. The number of rotatable bonds is 3. The topological polar surface area (TPSA) is 29.5 Å². The third-order valence-corrected chi connectivity index (χ3v) is 3.23. The molecule has 2 aromatic rings. The summed E-state index contributed by atoms with van der Waals surface area (Å²) in [7, 11) is 2.85. The number of hydrogen-bond donors (Lipinski definition) is 0. The van der Waals surface area contributed by atoms with Crippen molar-refractivity contribution in [3.05, 3.63) is 59.7 Å². The summed E-state index contributed by atoms with van der Waals surface area (Å²) in [6.45, 7) is 0. The number of para-hydroxylation sites is 1. The van der Waals surface area contributed by atoms with Crippen molar-refractivity contribution in [3.8, 4) is 0 Å². The Morgan fingerprint density at radius 1 is 1.09 bits per heavy atom. The van der Waals surface area contributed by atoms with Crippen molar-refractivity contribution in [1.29, 1.82) is 0 Å². The third kappa shape index (κ3) is 3.21. The SMILES string of the molecule is COC(=O)c1ccccc1N(C)c1cccc(C(F)(F)F)c1. The summed E-state index contributed by atoms with van der Waals surface area (Å²) < 4.78 is 43.1. The number of benzene rings is 2. The van der Waals surface area contributed by atoms with Crippen molar-refractivity contribution in [2.24, 2.45) is 0 Å². The Labute approximate surface area is 125 Å². The maximum Gasteiger partial charge on any atom is 0.416 e. The maximum absolute atomic E-state index is 12.8. The van der Waals surface area contributed by atoms with Gasteiger partial charge in [0.05, 0.1) is 23.9 Å². The minimum absolute atomic E-state index is 0.282. The lowest BCUT2D eigenvalue weighted by atomic mass is 10.1. The number of halogens is 3. The predicted molar refractivity (Wildman–Crippen MR) is 77.3 cm³/mol. The number of ether oxygens (including phenoxy) is 1. The molecule has 0 aliphatic carbocycles. The molecular formula is C16H14F3NO2. The number of anilines is 2. The summed E-state index contributed by atoms with van der Waals surface area (Å²) in [4.78, 5) is 13.3. The molecule has 2 aromatic carbocycles. The molecule has 0 amide bonds. The zero-order valence-corrected chi connectivity index (χ0v) is 12.0. The molecular weight excluding hydrogens is 295 g/mol. The lowest BCUT2D eigenvalue weighted by Gasteiger charge is -2.22. The van der Waals surface area contributed by atoms with Crippen LogP contribution in [0.2, 0.25) is 0 Å². The third-order valence-electron chi connectivity index (χ3n) is 3.23. The van der Waals surface area contributed by atoms with Crippen LogP contribution in [0.3, 0.4) is 0 Å². The van der Waals surface area contributed by atoms with Crippen LogP contribution in [0.15, 0.2) is 48.5 Å². The van der Waals surface area contributed by atoms with Crippen LogP contribution in [0.5, 0.6) is 0 Å². The van der Waals surface area contributed by atoms with E-state index in [1.54, 1.807) is 37.4 Å². The zero-order chi connectivity index (χ0) is 16.3. The average molecular weight is 309 g/mol. The summed E-state index contributed by atoms with van der Waals surface area (Å²) in [6, 6.07) is 11.5. The fourth-order valence-corrected chi connectivity index (χ4v) is 2.08. The Morgan fingerprint density at radius 3 is 2.41 bits per heavy atom. The van der Waals surface area contributed by atoms with E-state index in [4.69, 9.17) is 4.74 Å². The predicted octanol–water partition coefficient (Wildman–Crippen LogP) is 4.26. The lowest BCUT2D eigenvalue weighted by Crippen LogP contribution is -2.15. The molecule has 0 bridgehead atoms. The molecule has 22 heavy (non-hydrogen) atoms. The number of esters is 1. The van der Waals surface area contributed by atoms with Gasteiger partial charge in [0.2, 0.25) is 0 Å². The standard InChI is InChI=1S/C16H14F3NO2/c1-20(12-7-5-6-11(10-12)16(17,18)19)14-9-4-3-8-13(14)15(21)22-2/h3-10H,1-2H3. The van der Waals surface area contributed by atoms with Gasteiger partial charge in [-0.2, -0.15) is 13.2 Å². The van der Waals surface area contributed by atoms with Crippen molar-refractivity contribution in [2.45, 2.75) is 6.18 Å². The average Bonchev–Trinajstić information content (AvgIpc) is 2.52. The van der Waals surface area contributed by atoms with E-state index < -0.39 is 17.7 Å². The number of carbonyl (C=O) groups is 1. The van der Waals surface area contributed by atoms with Gasteiger partial charge in [-0.05, 0) is 30.3 Å². The second kappa shape index (κ2) is 6.09. The lowest BCUT2D eigenvalue weighted by molar-refractivity contribution is -0.137. The van der Waals surface area contributed by atoms with Gasteiger partial charge >= 0.3 is 12.1 Å². The molecule has 0 fully saturated rings. The monoisotopic (exact) mass is 309 g/mol. The Hall–Kier alpha value is -2.50. The van der Waals surface area contributed by atoms with E-state index in [2.05, 4.69) is 0 Å². The molecule has 6 heteroatoms. The fraction of sp³-hybridized carbons (Fsp3) is 0.188. The summed E-state index contributed by atoms with van der Waals surface area (Å²) >= 11 is 0. The van der Waals surface area contributed by atoms with Gasteiger partial charge in [0, 0.05) is 12.7 Å². The number of methoxy groups -OCH3 is 1. The summed E-state index contributed by atoms with van der Waals surface area (Å²) in [5.41, 5.74) is 0.331. The summed E-state index contributed by atoms with van der Waals surface area (Å²) in [6.07, 6.45) is -4.42. The molecule has 0 spiro atoms. The Bertz CT molecular complexity index is 683. The molecule has 0 saturated heterocycles. The number of nitrogens with zero attached hydrogens (tertiary/aromatic N) is 1. The van der Waals surface area contributed by atoms with E-state index in [0.29, 0.717) is 11.4 Å². The first-order valence-corrected chi connectivity index (χ1v) is 6.43. The van der Waals surface area contributed by atoms with Gasteiger partial charge in [-0.1, -0.05) is 18.2 Å². The van der Waals surface area contributed by atoms with Gasteiger partial charge in [0.15, 0.2) is 0 Å². The van der Waals surface area contributed by atoms with Crippen LogP contribution in [0.25, 0.3) is 0 Å². The normalized spacial score (nSPS) is 11.1. The highest BCUT2D eigenvalue weighted by Gasteiger charge is 2.30. The van der Waals surface area contributed by atoms with Crippen LogP contribution in [0.1, 0.15) is 15.9 Å². The van der Waals surface area contributed by atoms with Crippen LogP contribution < -0.4 is 4.90 Å². The molecule has 2 rings (SSSR count). The molecule has 0 atom stereocenters. The van der Waals surface area contributed by atoms with E-state index in [9.17, 15) is 18.0 Å². The second-order valence-corrected chi connectivity index (χ2v) is 4.62. The van der Waals surface area contributed by atoms with Crippen molar-refractivity contribution >= 4 is 17.3 Å². The Kier molecular flexibility index (Phi) is 4.40. The van der Waals surface area contributed by atoms with Gasteiger partial charge in [0.25, 0.3) is 0 Å². The molecule has 0 heterocycles.